The number of hydrogen-bond donors (Lipinski definition) is 2. The van der Waals surface area contributed by atoms with E-state index in [1.165, 1.54) is 6.07 Å². The molecular weight excluding hydrogens is 379 g/mol. The molecule has 1 unspecified atom stereocenters. The minimum absolute atomic E-state index is 0.120. The van der Waals surface area contributed by atoms with Crippen molar-refractivity contribution in [3.05, 3.63) is 95.2 Å². The highest BCUT2D eigenvalue weighted by Crippen LogP contribution is 2.14. The standard InChI is InChI=1S/C25H29FN2O2/c1-18(19-10-6-5-7-11-19)27-24(29)23-15-14-21(30-23)17-28(25(2,3)4)16-20-12-8-9-13-22(20)26/h5-15,18H,16-17H2,1-4H3,(H,27,29)/p+1/t18-/m0/s1. The first-order valence-electron chi connectivity index (χ1n) is 10.3. The molecule has 0 fully saturated rings. The molecule has 0 saturated carbocycles. The smallest absolute Gasteiger partial charge is 0.287 e. The minimum atomic E-state index is -0.246. The van der Waals surface area contributed by atoms with Crippen molar-refractivity contribution < 1.29 is 18.5 Å². The Hall–Kier alpha value is -2.92. The number of carbonyl (C=O) groups excluding carboxylic acids is 1. The van der Waals surface area contributed by atoms with Crippen LogP contribution in [-0.2, 0) is 13.1 Å². The summed E-state index contributed by atoms with van der Waals surface area (Å²) >= 11 is 0. The van der Waals surface area contributed by atoms with Crippen LogP contribution in [0.25, 0.3) is 0 Å². The molecule has 2 N–H and O–H groups in total. The van der Waals surface area contributed by atoms with E-state index in [1.807, 2.05) is 55.5 Å². The number of quaternary nitrogens is 1. The second-order valence-corrected chi connectivity index (χ2v) is 8.67. The number of amides is 1. The van der Waals surface area contributed by atoms with Crippen molar-refractivity contribution in [1.82, 2.24) is 5.32 Å². The molecule has 4 nitrogen and oxygen atoms in total. The highest BCUT2D eigenvalue weighted by Gasteiger charge is 2.28. The fourth-order valence-corrected chi connectivity index (χ4v) is 3.36. The maximum atomic E-state index is 14.2. The zero-order chi connectivity index (χ0) is 21.7. The van der Waals surface area contributed by atoms with Crippen LogP contribution in [0.4, 0.5) is 4.39 Å². The molecule has 0 radical (unpaired) electrons. The topological polar surface area (TPSA) is 46.7 Å². The van der Waals surface area contributed by atoms with Crippen molar-refractivity contribution in [1.29, 1.82) is 0 Å². The molecule has 1 heterocycles. The second-order valence-electron chi connectivity index (χ2n) is 8.67. The lowest BCUT2D eigenvalue weighted by Gasteiger charge is -2.32. The highest BCUT2D eigenvalue weighted by atomic mass is 19.1. The van der Waals surface area contributed by atoms with Crippen LogP contribution >= 0.6 is 0 Å². The van der Waals surface area contributed by atoms with E-state index in [0.29, 0.717) is 24.4 Å². The molecule has 1 amide bonds. The van der Waals surface area contributed by atoms with E-state index in [-0.39, 0.29) is 29.1 Å². The van der Waals surface area contributed by atoms with E-state index >= 15 is 0 Å². The molecule has 3 rings (SSSR count). The third-order valence-corrected chi connectivity index (χ3v) is 5.34. The van der Waals surface area contributed by atoms with Gasteiger partial charge in [0.2, 0.25) is 0 Å². The number of furan rings is 1. The maximum Gasteiger partial charge on any atom is 0.287 e. The molecular formula is C25H30FN2O2+. The SMILES string of the molecule is C[C@H](NC(=O)c1ccc(C[NH+](Cc2ccccc2F)C(C)(C)C)o1)c1ccccc1. The first kappa shape index (κ1) is 21.8. The van der Waals surface area contributed by atoms with Gasteiger partial charge in [0.05, 0.1) is 11.6 Å². The first-order chi connectivity index (χ1) is 14.2. The molecule has 3 aromatic rings. The van der Waals surface area contributed by atoms with Crippen molar-refractivity contribution in [3.8, 4) is 0 Å². The average molecular weight is 410 g/mol. The quantitative estimate of drug-likeness (QED) is 0.611. The Kier molecular flexibility index (Phi) is 6.73. The molecule has 1 aromatic heterocycles. The normalized spacial score (nSPS) is 13.6. The Labute approximate surface area is 177 Å². The van der Waals surface area contributed by atoms with Crippen molar-refractivity contribution >= 4 is 5.91 Å². The van der Waals surface area contributed by atoms with Crippen LogP contribution < -0.4 is 10.2 Å². The number of carbonyl (C=O) groups is 1. The Morgan fingerprint density at radius 3 is 2.33 bits per heavy atom. The van der Waals surface area contributed by atoms with Crippen LogP contribution in [0.3, 0.4) is 0 Å². The summed E-state index contributed by atoms with van der Waals surface area (Å²) in [6.07, 6.45) is 0. The molecule has 0 aliphatic heterocycles. The van der Waals surface area contributed by atoms with Crippen LogP contribution in [0.15, 0.2) is 71.1 Å². The monoisotopic (exact) mass is 409 g/mol. The third-order valence-electron chi connectivity index (χ3n) is 5.34. The van der Waals surface area contributed by atoms with Crippen molar-refractivity contribution in [2.75, 3.05) is 0 Å². The molecule has 2 aromatic carbocycles. The predicted molar refractivity (Wildman–Crippen MR) is 116 cm³/mol. The number of halogens is 1. The zero-order valence-electron chi connectivity index (χ0n) is 18.0. The van der Waals surface area contributed by atoms with Gasteiger partial charge in [-0.05, 0) is 51.5 Å². The number of rotatable bonds is 7. The van der Waals surface area contributed by atoms with Gasteiger partial charge in [-0.1, -0.05) is 48.5 Å². The number of benzene rings is 2. The van der Waals surface area contributed by atoms with E-state index < -0.39 is 0 Å². The Balaban J connectivity index is 1.69. The van der Waals surface area contributed by atoms with Crippen molar-refractivity contribution in [2.45, 2.75) is 52.4 Å². The molecule has 2 atom stereocenters. The first-order valence-corrected chi connectivity index (χ1v) is 10.3. The van der Waals surface area contributed by atoms with Gasteiger partial charge >= 0.3 is 0 Å². The molecule has 158 valence electrons. The lowest BCUT2D eigenvalue weighted by atomic mass is 10.0. The van der Waals surface area contributed by atoms with Crippen LogP contribution in [0, 0.1) is 5.82 Å². The molecule has 0 aliphatic rings. The van der Waals surface area contributed by atoms with Crippen LogP contribution in [0.5, 0.6) is 0 Å². The van der Waals surface area contributed by atoms with E-state index in [9.17, 15) is 9.18 Å². The highest BCUT2D eigenvalue weighted by molar-refractivity contribution is 5.91. The van der Waals surface area contributed by atoms with E-state index in [4.69, 9.17) is 4.42 Å². The van der Waals surface area contributed by atoms with Crippen LogP contribution in [-0.4, -0.2) is 11.4 Å². The molecule has 5 heteroatoms. The van der Waals surface area contributed by atoms with Crippen molar-refractivity contribution in [2.24, 2.45) is 0 Å². The predicted octanol–water partition coefficient (Wildman–Crippen LogP) is 4.29. The fraction of sp³-hybridized carbons (Fsp3) is 0.320. The average Bonchev–Trinajstić information content (AvgIpc) is 3.18. The van der Waals surface area contributed by atoms with Gasteiger partial charge in [0.15, 0.2) is 11.5 Å². The largest absolute Gasteiger partial charge is 0.450 e. The molecule has 0 aliphatic carbocycles. The van der Waals surface area contributed by atoms with Gasteiger partial charge < -0.3 is 14.6 Å². The third kappa shape index (κ3) is 5.57. The molecule has 0 spiro atoms. The lowest BCUT2D eigenvalue weighted by Crippen LogP contribution is -3.16. The van der Waals surface area contributed by atoms with E-state index in [0.717, 1.165) is 10.5 Å². The number of nitrogens with one attached hydrogen (secondary N) is 2. The number of hydrogen-bond acceptors (Lipinski definition) is 2. The van der Waals surface area contributed by atoms with Gasteiger partial charge in [-0.15, -0.1) is 0 Å². The minimum Gasteiger partial charge on any atom is -0.450 e. The van der Waals surface area contributed by atoms with E-state index in [2.05, 4.69) is 26.1 Å². The summed E-state index contributed by atoms with van der Waals surface area (Å²) in [5.74, 6) is 0.540. The molecule has 30 heavy (non-hydrogen) atoms. The van der Waals surface area contributed by atoms with Gasteiger partial charge in [0.25, 0.3) is 5.91 Å². The van der Waals surface area contributed by atoms with E-state index in [1.54, 1.807) is 12.1 Å². The van der Waals surface area contributed by atoms with Crippen molar-refractivity contribution in [3.63, 3.8) is 0 Å². The molecule has 0 bridgehead atoms. The summed E-state index contributed by atoms with van der Waals surface area (Å²) < 4.78 is 20.0. The zero-order valence-corrected chi connectivity index (χ0v) is 18.0. The van der Waals surface area contributed by atoms with Crippen LogP contribution in [0.1, 0.15) is 61.2 Å². The Morgan fingerprint density at radius 2 is 1.67 bits per heavy atom. The summed E-state index contributed by atoms with van der Waals surface area (Å²) in [5, 5.41) is 2.97. The maximum absolute atomic E-state index is 14.2. The summed E-state index contributed by atoms with van der Waals surface area (Å²) in [5.41, 5.74) is 1.58. The summed E-state index contributed by atoms with van der Waals surface area (Å²) in [6, 6.07) is 20.0. The summed E-state index contributed by atoms with van der Waals surface area (Å²) in [7, 11) is 0. The van der Waals surface area contributed by atoms with Gasteiger partial charge in [-0.3, -0.25) is 4.79 Å². The fourth-order valence-electron chi connectivity index (χ4n) is 3.36. The summed E-state index contributed by atoms with van der Waals surface area (Å²) in [4.78, 5) is 13.7. The van der Waals surface area contributed by atoms with Gasteiger partial charge in [-0.25, -0.2) is 4.39 Å². The second kappa shape index (κ2) is 9.26. The van der Waals surface area contributed by atoms with Crippen LogP contribution in [0.2, 0.25) is 0 Å². The Morgan fingerprint density at radius 1 is 1.00 bits per heavy atom. The van der Waals surface area contributed by atoms with Gasteiger partial charge in [-0.2, -0.15) is 0 Å². The molecule has 0 saturated heterocycles. The Bertz CT molecular complexity index is 976. The lowest BCUT2D eigenvalue weighted by molar-refractivity contribution is -0.973. The van der Waals surface area contributed by atoms with Gasteiger partial charge in [0.1, 0.15) is 18.9 Å². The summed E-state index contributed by atoms with van der Waals surface area (Å²) in [6.45, 7) is 9.36. The van der Waals surface area contributed by atoms with Gasteiger partial charge in [0, 0.05) is 5.56 Å².